The number of hydrogen-bond donors (Lipinski definition) is 1. The molecule has 10 heteroatoms. The number of aliphatic carboxylic acids is 1. The fraction of sp³-hybridized carbons (Fsp3) is 0.484. The van der Waals surface area contributed by atoms with Gasteiger partial charge in [-0.3, -0.25) is 9.78 Å². The summed E-state index contributed by atoms with van der Waals surface area (Å²) in [7, 11) is 1.57. The maximum atomic E-state index is 15.6. The van der Waals surface area contributed by atoms with Gasteiger partial charge in [-0.2, -0.15) is 13.2 Å². The van der Waals surface area contributed by atoms with Gasteiger partial charge in [0.1, 0.15) is 11.9 Å². The standard InChI is InChI=1S/C31H36F4N2O3S/c1-40-24-8-10-29-27(19-24)26(12-14-36-29)28(32)9-6-21-13-16-37(20-22(21)7-11-30(38)39)15-3-17-41-25-5-2-4-23(18-25)31(33,34)35/h2,4-5,8,10,12,14,18-19,21-22,28H,3,6-7,9,11,13,15-17,20H2,1H3,(H,38,39)/t21-,22-,28-/m1/s1. The molecular weight excluding hydrogens is 556 g/mol. The van der Waals surface area contributed by atoms with Gasteiger partial charge in [-0.1, -0.05) is 6.07 Å². The van der Waals surface area contributed by atoms with E-state index in [-0.39, 0.29) is 18.3 Å². The Kier molecular flexibility index (Phi) is 10.9. The molecule has 0 unspecified atom stereocenters. The number of carbonyl (C=O) groups is 1. The molecule has 1 saturated heterocycles. The van der Waals surface area contributed by atoms with Gasteiger partial charge in [0.2, 0.25) is 0 Å². The number of alkyl halides is 4. The molecule has 1 N–H and O–H groups in total. The maximum Gasteiger partial charge on any atom is 0.416 e. The van der Waals surface area contributed by atoms with E-state index in [1.54, 1.807) is 31.5 Å². The highest BCUT2D eigenvalue weighted by atomic mass is 32.2. The van der Waals surface area contributed by atoms with E-state index in [0.717, 1.165) is 43.9 Å². The summed E-state index contributed by atoms with van der Waals surface area (Å²) in [6.45, 7) is 2.38. The van der Waals surface area contributed by atoms with E-state index in [4.69, 9.17) is 4.74 Å². The molecule has 1 aliphatic heterocycles. The highest BCUT2D eigenvalue weighted by Gasteiger charge is 2.31. The molecule has 0 saturated carbocycles. The van der Waals surface area contributed by atoms with Crippen molar-refractivity contribution >= 4 is 28.6 Å². The Morgan fingerprint density at radius 1 is 1.17 bits per heavy atom. The Hall–Kier alpha value is -2.85. The number of benzene rings is 2. The molecule has 41 heavy (non-hydrogen) atoms. The Balaban J connectivity index is 1.31. The van der Waals surface area contributed by atoms with Crippen LogP contribution in [0.2, 0.25) is 0 Å². The van der Waals surface area contributed by atoms with Crippen LogP contribution in [-0.2, 0) is 11.0 Å². The minimum absolute atomic E-state index is 0.0776. The zero-order chi connectivity index (χ0) is 29.4. The summed E-state index contributed by atoms with van der Waals surface area (Å²) in [5.41, 5.74) is 0.662. The lowest BCUT2D eigenvalue weighted by molar-refractivity contribution is -0.138. The molecule has 0 amide bonds. The van der Waals surface area contributed by atoms with Crippen molar-refractivity contribution in [3.05, 3.63) is 65.9 Å². The Bertz CT molecular complexity index is 1310. The van der Waals surface area contributed by atoms with Crippen molar-refractivity contribution in [1.82, 2.24) is 9.88 Å². The molecule has 1 aromatic heterocycles. The van der Waals surface area contributed by atoms with Crippen LogP contribution in [-0.4, -0.2) is 53.5 Å². The number of carboxylic acids is 1. The molecular formula is C31H36F4N2O3S. The summed E-state index contributed by atoms with van der Waals surface area (Å²) in [6, 6.07) is 12.5. The first-order chi connectivity index (χ1) is 19.6. The number of pyridine rings is 1. The summed E-state index contributed by atoms with van der Waals surface area (Å²) in [5.74, 6) is 0.880. The zero-order valence-corrected chi connectivity index (χ0v) is 23.9. The second-order valence-corrected chi connectivity index (χ2v) is 11.8. The van der Waals surface area contributed by atoms with Crippen LogP contribution in [0.3, 0.4) is 0 Å². The van der Waals surface area contributed by atoms with E-state index >= 15 is 4.39 Å². The predicted molar refractivity (Wildman–Crippen MR) is 153 cm³/mol. The summed E-state index contributed by atoms with van der Waals surface area (Å²) < 4.78 is 59.8. The number of carboxylic acid groups (broad SMARTS) is 1. The van der Waals surface area contributed by atoms with Crippen LogP contribution in [0.5, 0.6) is 5.75 Å². The number of thioether (sulfide) groups is 1. The number of halogens is 4. The normalized spacial score (nSPS) is 18.9. The molecule has 0 spiro atoms. The highest BCUT2D eigenvalue weighted by molar-refractivity contribution is 7.99. The average molecular weight is 593 g/mol. The quantitative estimate of drug-likeness (QED) is 0.123. The first-order valence-electron chi connectivity index (χ1n) is 13.9. The van der Waals surface area contributed by atoms with Gasteiger partial charge in [0.15, 0.2) is 0 Å². The molecule has 0 aliphatic carbocycles. The van der Waals surface area contributed by atoms with Crippen molar-refractivity contribution < 1.29 is 32.2 Å². The lowest BCUT2D eigenvalue weighted by Gasteiger charge is -2.39. The lowest BCUT2D eigenvalue weighted by atomic mass is 9.79. The molecule has 3 aromatic rings. The van der Waals surface area contributed by atoms with Gasteiger partial charge in [-0.05, 0) is 111 Å². The van der Waals surface area contributed by atoms with Crippen LogP contribution >= 0.6 is 11.8 Å². The monoisotopic (exact) mass is 592 g/mol. The summed E-state index contributed by atoms with van der Waals surface area (Å²) in [4.78, 5) is 18.6. The third-order valence-corrected chi connectivity index (χ3v) is 8.94. The number of ether oxygens (including phenoxy) is 1. The third-order valence-electron chi connectivity index (χ3n) is 7.86. The van der Waals surface area contributed by atoms with Gasteiger partial charge in [-0.25, -0.2) is 4.39 Å². The van der Waals surface area contributed by atoms with E-state index in [9.17, 15) is 23.1 Å². The molecule has 3 atom stereocenters. The largest absolute Gasteiger partial charge is 0.497 e. The molecule has 0 radical (unpaired) electrons. The highest BCUT2D eigenvalue weighted by Crippen LogP contribution is 2.37. The number of fused-ring (bicyclic) bond motifs is 1. The van der Waals surface area contributed by atoms with Crippen molar-refractivity contribution in [2.24, 2.45) is 11.8 Å². The van der Waals surface area contributed by atoms with E-state index in [2.05, 4.69) is 9.88 Å². The van der Waals surface area contributed by atoms with Crippen LogP contribution in [0.1, 0.15) is 55.8 Å². The smallest absolute Gasteiger partial charge is 0.416 e. The molecule has 1 fully saturated rings. The van der Waals surface area contributed by atoms with E-state index < -0.39 is 23.9 Å². The third kappa shape index (κ3) is 8.82. The number of hydrogen-bond acceptors (Lipinski definition) is 5. The lowest BCUT2D eigenvalue weighted by Crippen LogP contribution is -2.41. The first kappa shape index (κ1) is 31.1. The Morgan fingerprint density at radius 3 is 2.76 bits per heavy atom. The van der Waals surface area contributed by atoms with Crippen LogP contribution in [0.15, 0.2) is 59.6 Å². The van der Waals surface area contributed by atoms with Gasteiger partial charge in [0.25, 0.3) is 0 Å². The molecule has 2 heterocycles. The maximum absolute atomic E-state index is 15.6. The number of rotatable bonds is 13. The first-order valence-corrected chi connectivity index (χ1v) is 14.9. The van der Waals surface area contributed by atoms with Crippen LogP contribution in [0.25, 0.3) is 10.9 Å². The van der Waals surface area contributed by atoms with Gasteiger partial charge in [0, 0.05) is 29.4 Å². The fourth-order valence-electron chi connectivity index (χ4n) is 5.68. The topological polar surface area (TPSA) is 62.7 Å². The minimum Gasteiger partial charge on any atom is -0.497 e. The minimum atomic E-state index is -4.35. The summed E-state index contributed by atoms with van der Waals surface area (Å²) in [6.07, 6.45) is -0.597. The van der Waals surface area contributed by atoms with Gasteiger partial charge >= 0.3 is 12.1 Å². The summed E-state index contributed by atoms with van der Waals surface area (Å²) in [5, 5.41) is 10.0. The number of likely N-dealkylation sites (tertiary alicyclic amines) is 1. The van der Waals surface area contributed by atoms with Crippen LogP contribution < -0.4 is 4.74 Å². The summed E-state index contributed by atoms with van der Waals surface area (Å²) >= 11 is 1.41. The number of nitrogens with zero attached hydrogens (tertiary/aromatic N) is 2. The second kappa shape index (κ2) is 14.4. The van der Waals surface area contributed by atoms with Crippen molar-refractivity contribution in [1.29, 1.82) is 0 Å². The van der Waals surface area contributed by atoms with Crippen molar-refractivity contribution in [3.63, 3.8) is 0 Å². The number of methoxy groups -OCH3 is 1. The predicted octanol–water partition coefficient (Wildman–Crippen LogP) is 8.04. The van der Waals surface area contributed by atoms with Crippen LogP contribution in [0, 0.1) is 11.8 Å². The van der Waals surface area contributed by atoms with Gasteiger partial charge in [-0.15, -0.1) is 11.8 Å². The van der Waals surface area contributed by atoms with E-state index in [1.165, 1.54) is 23.9 Å². The average Bonchev–Trinajstić information content (AvgIpc) is 2.96. The van der Waals surface area contributed by atoms with Crippen molar-refractivity contribution in [3.8, 4) is 5.75 Å². The molecule has 2 aromatic carbocycles. The van der Waals surface area contributed by atoms with E-state index in [1.807, 2.05) is 12.1 Å². The molecule has 0 bridgehead atoms. The van der Waals surface area contributed by atoms with Gasteiger partial charge < -0.3 is 14.7 Å². The van der Waals surface area contributed by atoms with Gasteiger partial charge in [0.05, 0.1) is 18.2 Å². The molecule has 1 aliphatic rings. The van der Waals surface area contributed by atoms with Crippen molar-refractivity contribution in [2.75, 3.05) is 32.5 Å². The zero-order valence-electron chi connectivity index (χ0n) is 23.1. The van der Waals surface area contributed by atoms with Crippen LogP contribution in [0.4, 0.5) is 17.6 Å². The SMILES string of the molecule is COc1ccc2nccc([C@H](F)CC[C@@H]3CCN(CCCSc4cccc(C(F)(F)F)c4)C[C@H]3CCC(=O)O)c2c1. The second-order valence-electron chi connectivity index (χ2n) is 10.6. The Morgan fingerprint density at radius 2 is 2.00 bits per heavy atom. The number of aromatic nitrogens is 1. The fourth-order valence-corrected chi connectivity index (χ4v) is 6.57. The molecule has 5 nitrogen and oxygen atoms in total. The molecule has 222 valence electrons. The van der Waals surface area contributed by atoms with Crippen molar-refractivity contribution in [2.45, 2.75) is 55.8 Å². The number of piperidine rings is 1. The van der Waals surface area contributed by atoms with E-state index in [0.29, 0.717) is 46.7 Å². The molecule has 4 rings (SSSR count). The Labute approximate surface area is 242 Å².